The average molecular weight is 425 g/mol. The Hall–Kier alpha value is -0.340. The molecule has 0 aliphatic carbocycles. The lowest BCUT2D eigenvalue weighted by Gasteiger charge is -2.06. The molecule has 0 aliphatic heterocycles. The Morgan fingerprint density at radius 1 is 0.533 bits per heavy atom. The highest BCUT2D eigenvalue weighted by Crippen LogP contribution is 2.14. The molecular weight excluding hydrogens is 368 g/mol. The minimum Gasteiger partial charge on any atom is -0.396 e. The summed E-state index contributed by atoms with van der Waals surface area (Å²) >= 11 is 0. The first-order valence-electron chi connectivity index (χ1n) is 13.8. The van der Waals surface area contributed by atoms with Gasteiger partial charge in [-0.2, -0.15) is 0 Å². The first kappa shape index (κ1) is 29.7. The quantitative estimate of drug-likeness (QED) is 0.113. The monoisotopic (exact) mass is 424 g/mol. The van der Waals surface area contributed by atoms with Crippen molar-refractivity contribution in [3.05, 3.63) is 12.2 Å². The second kappa shape index (κ2) is 26.7. The molecule has 0 amide bonds. The van der Waals surface area contributed by atoms with Crippen molar-refractivity contribution in [2.24, 2.45) is 0 Å². The lowest BCUT2D eigenvalue weighted by Crippen LogP contribution is -2.01. The van der Waals surface area contributed by atoms with Gasteiger partial charge < -0.3 is 10.2 Å². The molecule has 0 unspecified atom stereocenters. The maximum atomic E-state index is 10.1. The first-order chi connectivity index (χ1) is 14.8. The van der Waals surface area contributed by atoms with E-state index in [1.807, 2.05) is 6.08 Å². The van der Waals surface area contributed by atoms with Crippen LogP contribution < -0.4 is 0 Å². The number of unbranched alkanes of at least 4 members (excludes halogenated alkanes) is 20. The van der Waals surface area contributed by atoms with E-state index in [2.05, 4.69) is 13.0 Å². The third-order valence-electron chi connectivity index (χ3n) is 6.24. The second-order valence-corrected chi connectivity index (χ2v) is 9.37. The molecule has 0 bridgehead atoms. The molecule has 0 saturated carbocycles. The summed E-state index contributed by atoms with van der Waals surface area (Å²) in [5, 5.41) is 18.8. The maximum absolute atomic E-state index is 10.1. The lowest BCUT2D eigenvalue weighted by molar-refractivity contribution is 0.207. The predicted molar refractivity (Wildman–Crippen MR) is 134 cm³/mol. The Bertz CT molecular complexity index is 327. The summed E-state index contributed by atoms with van der Waals surface area (Å²) in [6, 6.07) is 0. The normalized spacial score (nSPS) is 12.8. The van der Waals surface area contributed by atoms with Gasteiger partial charge in [-0.3, -0.25) is 0 Å². The number of allylic oxidation sites excluding steroid dienone is 1. The Morgan fingerprint density at radius 2 is 0.933 bits per heavy atom. The van der Waals surface area contributed by atoms with Crippen LogP contribution in [0.1, 0.15) is 155 Å². The summed E-state index contributed by atoms with van der Waals surface area (Å²) in [4.78, 5) is 0. The largest absolute Gasteiger partial charge is 0.396 e. The Labute approximate surface area is 189 Å². The molecule has 0 aromatic rings. The zero-order valence-corrected chi connectivity index (χ0v) is 20.6. The fraction of sp³-hybridized carbons (Fsp3) is 0.929. The Morgan fingerprint density at radius 3 is 1.40 bits per heavy atom. The van der Waals surface area contributed by atoms with Gasteiger partial charge in [-0.05, 0) is 25.7 Å². The van der Waals surface area contributed by atoms with Gasteiger partial charge in [-0.15, -0.1) is 0 Å². The van der Waals surface area contributed by atoms with Crippen LogP contribution in [0.2, 0.25) is 0 Å². The molecule has 2 heteroatoms. The summed E-state index contributed by atoms with van der Waals surface area (Å²) in [7, 11) is 0. The van der Waals surface area contributed by atoms with E-state index in [0.29, 0.717) is 6.61 Å². The second-order valence-electron chi connectivity index (χ2n) is 9.37. The molecule has 0 radical (unpaired) electrons. The standard InChI is InChI=1S/C28H56O2/c1-2-3-4-5-6-7-8-9-10-11-13-16-19-22-25-28(30)26-23-20-17-14-12-15-18-21-24-27-29/h23,26,28-30H,2-22,24-25,27H2,1H3/t28-/m1/s1. The summed E-state index contributed by atoms with van der Waals surface area (Å²) in [6.07, 6.45) is 33.9. The molecule has 30 heavy (non-hydrogen) atoms. The van der Waals surface area contributed by atoms with Crippen LogP contribution in [0.3, 0.4) is 0 Å². The van der Waals surface area contributed by atoms with Gasteiger partial charge in [0.15, 0.2) is 0 Å². The van der Waals surface area contributed by atoms with Crippen molar-refractivity contribution in [3.8, 4) is 0 Å². The predicted octanol–water partition coefficient (Wildman–Crippen LogP) is 8.89. The number of aliphatic hydroxyl groups excluding tert-OH is 2. The third-order valence-corrected chi connectivity index (χ3v) is 6.24. The van der Waals surface area contributed by atoms with E-state index in [4.69, 9.17) is 5.11 Å². The Kier molecular flexibility index (Phi) is 26.4. The van der Waals surface area contributed by atoms with Crippen molar-refractivity contribution < 1.29 is 10.2 Å². The highest BCUT2D eigenvalue weighted by atomic mass is 16.3. The molecule has 2 N–H and O–H groups in total. The number of hydrogen-bond donors (Lipinski definition) is 2. The van der Waals surface area contributed by atoms with Gasteiger partial charge in [0.25, 0.3) is 0 Å². The van der Waals surface area contributed by atoms with E-state index >= 15 is 0 Å². The molecule has 0 rings (SSSR count). The van der Waals surface area contributed by atoms with E-state index in [9.17, 15) is 5.11 Å². The highest BCUT2D eigenvalue weighted by molar-refractivity contribution is 4.88. The van der Waals surface area contributed by atoms with Gasteiger partial charge in [0.1, 0.15) is 0 Å². The van der Waals surface area contributed by atoms with E-state index in [1.165, 1.54) is 122 Å². The fourth-order valence-corrected chi connectivity index (χ4v) is 4.16. The van der Waals surface area contributed by atoms with E-state index < -0.39 is 0 Å². The third kappa shape index (κ3) is 25.7. The van der Waals surface area contributed by atoms with Crippen LogP contribution in [-0.2, 0) is 0 Å². The topological polar surface area (TPSA) is 40.5 Å². The molecule has 0 saturated heterocycles. The molecule has 0 aliphatic rings. The summed E-state index contributed by atoms with van der Waals surface area (Å²) in [5.74, 6) is 0. The SMILES string of the molecule is CCCCCCCCCCCCCCCC[C@@H](O)C=CCCCCCCCCCO. The number of rotatable bonds is 25. The highest BCUT2D eigenvalue weighted by Gasteiger charge is 1.99. The van der Waals surface area contributed by atoms with Crippen molar-refractivity contribution in [1.29, 1.82) is 0 Å². The maximum Gasteiger partial charge on any atom is 0.0720 e. The van der Waals surface area contributed by atoms with Crippen LogP contribution in [0.25, 0.3) is 0 Å². The van der Waals surface area contributed by atoms with Gasteiger partial charge in [0.05, 0.1) is 6.10 Å². The minimum atomic E-state index is -0.235. The molecule has 0 aromatic heterocycles. The van der Waals surface area contributed by atoms with Gasteiger partial charge in [0, 0.05) is 6.61 Å². The van der Waals surface area contributed by atoms with Gasteiger partial charge in [-0.25, -0.2) is 0 Å². The summed E-state index contributed by atoms with van der Waals surface area (Å²) < 4.78 is 0. The van der Waals surface area contributed by atoms with Crippen LogP contribution in [0, 0.1) is 0 Å². The van der Waals surface area contributed by atoms with Crippen molar-refractivity contribution in [3.63, 3.8) is 0 Å². The molecule has 2 nitrogen and oxygen atoms in total. The van der Waals surface area contributed by atoms with Crippen molar-refractivity contribution in [2.45, 2.75) is 161 Å². The van der Waals surface area contributed by atoms with Crippen LogP contribution in [0.15, 0.2) is 12.2 Å². The zero-order valence-electron chi connectivity index (χ0n) is 20.6. The molecule has 1 atom stereocenters. The molecule has 0 heterocycles. The number of aliphatic hydroxyl groups is 2. The zero-order chi connectivity index (χ0) is 22.0. The van der Waals surface area contributed by atoms with Crippen molar-refractivity contribution in [1.82, 2.24) is 0 Å². The van der Waals surface area contributed by atoms with Crippen LogP contribution in [-0.4, -0.2) is 22.9 Å². The van der Waals surface area contributed by atoms with Gasteiger partial charge >= 0.3 is 0 Å². The van der Waals surface area contributed by atoms with Crippen LogP contribution in [0.5, 0.6) is 0 Å². The molecule has 0 aromatic carbocycles. The van der Waals surface area contributed by atoms with Crippen molar-refractivity contribution >= 4 is 0 Å². The Balaban J connectivity index is 3.20. The van der Waals surface area contributed by atoms with Crippen LogP contribution in [0.4, 0.5) is 0 Å². The van der Waals surface area contributed by atoms with Crippen LogP contribution >= 0.6 is 0 Å². The van der Waals surface area contributed by atoms with E-state index in [-0.39, 0.29) is 6.10 Å². The smallest absolute Gasteiger partial charge is 0.0720 e. The average Bonchev–Trinajstić information content (AvgIpc) is 2.75. The summed E-state index contributed by atoms with van der Waals surface area (Å²) in [5.41, 5.74) is 0. The lowest BCUT2D eigenvalue weighted by atomic mass is 10.0. The molecule has 180 valence electrons. The van der Waals surface area contributed by atoms with Gasteiger partial charge in [0.2, 0.25) is 0 Å². The minimum absolute atomic E-state index is 0.235. The molecule has 0 spiro atoms. The first-order valence-corrected chi connectivity index (χ1v) is 13.8. The van der Waals surface area contributed by atoms with Crippen molar-refractivity contribution in [2.75, 3.05) is 6.61 Å². The molecule has 0 fully saturated rings. The van der Waals surface area contributed by atoms with E-state index in [0.717, 1.165) is 25.7 Å². The van der Waals surface area contributed by atoms with E-state index in [1.54, 1.807) is 0 Å². The molecular formula is C28H56O2. The summed E-state index contributed by atoms with van der Waals surface area (Å²) in [6.45, 7) is 2.63. The fourth-order valence-electron chi connectivity index (χ4n) is 4.16. The number of hydrogen-bond acceptors (Lipinski definition) is 2. The van der Waals surface area contributed by atoms with Gasteiger partial charge in [-0.1, -0.05) is 141 Å².